The van der Waals surface area contributed by atoms with E-state index in [0.29, 0.717) is 6.54 Å². The van der Waals surface area contributed by atoms with Crippen LogP contribution in [-0.2, 0) is 11.8 Å². The summed E-state index contributed by atoms with van der Waals surface area (Å²) >= 11 is 0. The number of hydrogen-bond acceptors (Lipinski definition) is 4. The highest BCUT2D eigenvalue weighted by atomic mass is 16.2. The highest BCUT2D eigenvalue weighted by Gasteiger charge is 2.25. The fourth-order valence-electron chi connectivity index (χ4n) is 2.08. The molecule has 6 heteroatoms. The normalized spacial score (nSPS) is 16.9. The van der Waals surface area contributed by atoms with Gasteiger partial charge in [0.15, 0.2) is 0 Å². The summed E-state index contributed by atoms with van der Waals surface area (Å²) in [4.78, 5) is 13.8. The summed E-state index contributed by atoms with van der Waals surface area (Å²) in [5, 5.41) is 7.17. The number of hydrogen-bond donors (Lipinski definition) is 2. The van der Waals surface area contributed by atoms with Gasteiger partial charge in [0.2, 0.25) is 5.91 Å². The maximum atomic E-state index is 11.8. The van der Waals surface area contributed by atoms with Crippen molar-refractivity contribution >= 4 is 11.6 Å². The van der Waals surface area contributed by atoms with Crippen LogP contribution in [-0.4, -0.2) is 46.3 Å². The Morgan fingerprint density at radius 3 is 2.65 bits per heavy atom. The highest BCUT2D eigenvalue weighted by molar-refractivity contribution is 5.93. The quantitative estimate of drug-likeness (QED) is 0.751. The number of anilines is 1. The summed E-state index contributed by atoms with van der Waals surface area (Å²) in [5.74, 6) is -0.00361. The van der Waals surface area contributed by atoms with Crippen molar-refractivity contribution in [3.05, 3.63) is 11.4 Å². The Bertz CT molecular complexity index is 433. The second kappa shape index (κ2) is 4.46. The molecule has 94 valence electrons. The summed E-state index contributed by atoms with van der Waals surface area (Å²) in [6, 6.07) is 0.227. The van der Waals surface area contributed by atoms with Crippen LogP contribution in [0.3, 0.4) is 0 Å². The van der Waals surface area contributed by atoms with Gasteiger partial charge >= 0.3 is 0 Å². The lowest BCUT2D eigenvalue weighted by Gasteiger charge is -2.36. The van der Waals surface area contributed by atoms with Crippen LogP contribution < -0.4 is 11.1 Å². The standard InChI is InChI=1S/C11H19N5O/c1-7-11(8(2)15(3)14-7)13-10(17)6-16-4-9(12)5-16/h9H,4-6,12H2,1-3H3,(H,13,17). The average Bonchev–Trinajstić information content (AvgIpc) is 2.43. The Labute approximate surface area is 101 Å². The number of amides is 1. The highest BCUT2D eigenvalue weighted by Crippen LogP contribution is 2.18. The monoisotopic (exact) mass is 237 g/mol. The number of carbonyl (C=O) groups excluding carboxylic acids is 1. The van der Waals surface area contributed by atoms with Crippen molar-refractivity contribution in [2.45, 2.75) is 19.9 Å². The molecule has 1 amide bonds. The maximum Gasteiger partial charge on any atom is 0.238 e. The van der Waals surface area contributed by atoms with Gasteiger partial charge in [-0.25, -0.2) is 0 Å². The molecule has 0 bridgehead atoms. The molecule has 0 radical (unpaired) electrons. The first-order chi connectivity index (χ1) is 7.97. The first kappa shape index (κ1) is 12.1. The van der Waals surface area contributed by atoms with Crippen molar-refractivity contribution in [2.75, 3.05) is 25.0 Å². The molecule has 2 heterocycles. The molecule has 17 heavy (non-hydrogen) atoms. The van der Waals surface area contributed by atoms with Gasteiger partial charge in [-0.2, -0.15) is 5.10 Å². The molecule has 0 spiro atoms. The van der Waals surface area contributed by atoms with Gasteiger partial charge in [-0.15, -0.1) is 0 Å². The van der Waals surface area contributed by atoms with Crippen molar-refractivity contribution in [2.24, 2.45) is 12.8 Å². The van der Waals surface area contributed by atoms with Gasteiger partial charge in [-0.05, 0) is 13.8 Å². The second-order valence-electron chi connectivity index (χ2n) is 4.67. The summed E-state index contributed by atoms with van der Waals surface area (Å²) in [7, 11) is 1.87. The van der Waals surface area contributed by atoms with E-state index in [-0.39, 0.29) is 11.9 Å². The van der Waals surface area contributed by atoms with Crippen LogP contribution in [0.25, 0.3) is 0 Å². The Kier molecular flexibility index (Phi) is 3.17. The third-order valence-corrected chi connectivity index (χ3v) is 3.13. The van der Waals surface area contributed by atoms with Crippen LogP contribution in [0.15, 0.2) is 0 Å². The number of nitrogens with zero attached hydrogens (tertiary/aromatic N) is 3. The zero-order chi connectivity index (χ0) is 12.6. The number of rotatable bonds is 3. The van der Waals surface area contributed by atoms with Crippen LogP contribution in [0.2, 0.25) is 0 Å². The fourth-order valence-corrected chi connectivity index (χ4v) is 2.08. The molecule has 1 aromatic heterocycles. The first-order valence-electron chi connectivity index (χ1n) is 5.75. The summed E-state index contributed by atoms with van der Waals surface area (Å²) in [6.45, 7) is 5.84. The third kappa shape index (κ3) is 2.48. The van der Waals surface area contributed by atoms with Crippen LogP contribution in [0.5, 0.6) is 0 Å². The molecule has 1 aromatic rings. The topological polar surface area (TPSA) is 76.2 Å². The Hall–Kier alpha value is -1.40. The van der Waals surface area contributed by atoms with Crippen molar-refractivity contribution < 1.29 is 4.79 Å². The Morgan fingerprint density at radius 1 is 1.53 bits per heavy atom. The number of nitrogens with two attached hydrogens (primary N) is 1. The zero-order valence-electron chi connectivity index (χ0n) is 10.5. The number of nitrogens with one attached hydrogen (secondary N) is 1. The smallest absolute Gasteiger partial charge is 0.238 e. The largest absolute Gasteiger partial charge is 0.325 e. The average molecular weight is 237 g/mol. The van der Waals surface area contributed by atoms with Gasteiger partial charge in [0.1, 0.15) is 0 Å². The molecule has 0 aromatic carbocycles. The van der Waals surface area contributed by atoms with Crippen molar-refractivity contribution in [1.29, 1.82) is 0 Å². The molecule has 0 unspecified atom stereocenters. The molecule has 1 saturated heterocycles. The first-order valence-corrected chi connectivity index (χ1v) is 5.75. The number of aryl methyl sites for hydroxylation is 2. The lowest BCUT2D eigenvalue weighted by Crippen LogP contribution is -2.57. The van der Waals surface area contributed by atoms with Crippen LogP contribution in [0.4, 0.5) is 5.69 Å². The zero-order valence-corrected chi connectivity index (χ0v) is 10.5. The molecule has 3 N–H and O–H groups in total. The predicted molar refractivity (Wildman–Crippen MR) is 65.7 cm³/mol. The number of carbonyl (C=O) groups is 1. The summed E-state index contributed by atoms with van der Waals surface area (Å²) in [5.41, 5.74) is 8.30. The van der Waals surface area contributed by atoms with Crippen molar-refractivity contribution in [3.63, 3.8) is 0 Å². The molecule has 1 aliphatic heterocycles. The van der Waals surface area contributed by atoms with Crippen LogP contribution in [0.1, 0.15) is 11.4 Å². The van der Waals surface area contributed by atoms with E-state index in [4.69, 9.17) is 5.73 Å². The molecule has 1 aliphatic rings. The SMILES string of the molecule is Cc1nn(C)c(C)c1NC(=O)CN1CC(N)C1. The van der Waals surface area contributed by atoms with Crippen LogP contribution in [0, 0.1) is 13.8 Å². The molecule has 2 rings (SSSR count). The molecular weight excluding hydrogens is 218 g/mol. The summed E-state index contributed by atoms with van der Waals surface area (Å²) in [6.07, 6.45) is 0. The van der Waals surface area contributed by atoms with E-state index in [2.05, 4.69) is 10.4 Å². The fraction of sp³-hybridized carbons (Fsp3) is 0.636. The molecule has 0 aliphatic carbocycles. The van der Waals surface area contributed by atoms with E-state index < -0.39 is 0 Å². The maximum absolute atomic E-state index is 11.8. The van der Waals surface area contributed by atoms with Gasteiger partial charge in [0, 0.05) is 26.2 Å². The lowest BCUT2D eigenvalue weighted by molar-refractivity contribution is -0.118. The van der Waals surface area contributed by atoms with Gasteiger partial charge in [0.05, 0.1) is 23.6 Å². The van der Waals surface area contributed by atoms with Gasteiger partial charge in [0.25, 0.3) is 0 Å². The van der Waals surface area contributed by atoms with E-state index >= 15 is 0 Å². The van der Waals surface area contributed by atoms with Gasteiger partial charge in [-0.1, -0.05) is 0 Å². The van der Waals surface area contributed by atoms with E-state index in [1.54, 1.807) is 4.68 Å². The number of aromatic nitrogens is 2. The minimum Gasteiger partial charge on any atom is -0.325 e. The lowest BCUT2D eigenvalue weighted by atomic mass is 10.1. The van der Waals surface area contributed by atoms with E-state index in [1.165, 1.54) is 0 Å². The minimum atomic E-state index is -0.00361. The van der Waals surface area contributed by atoms with Gasteiger partial charge < -0.3 is 11.1 Å². The van der Waals surface area contributed by atoms with Gasteiger partial charge in [-0.3, -0.25) is 14.4 Å². The number of likely N-dealkylation sites (tertiary alicyclic amines) is 1. The second-order valence-corrected chi connectivity index (χ2v) is 4.67. The molecule has 0 atom stereocenters. The molecular formula is C11H19N5O. The minimum absolute atomic E-state index is 0.00361. The summed E-state index contributed by atoms with van der Waals surface area (Å²) < 4.78 is 1.77. The van der Waals surface area contributed by atoms with E-state index in [9.17, 15) is 4.79 Å². The Morgan fingerprint density at radius 2 is 2.18 bits per heavy atom. The van der Waals surface area contributed by atoms with E-state index in [1.807, 2.05) is 25.8 Å². The van der Waals surface area contributed by atoms with Crippen molar-refractivity contribution in [3.8, 4) is 0 Å². The molecule has 6 nitrogen and oxygen atoms in total. The Balaban J connectivity index is 1.94. The van der Waals surface area contributed by atoms with E-state index in [0.717, 1.165) is 30.2 Å². The molecule has 0 saturated carbocycles. The third-order valence-electron chi connectivity index (χ3n) is 3.13. The molecule has 1 fully saturated rings. The van der Waals surface area contributed by atoms with Crippen LogP contribution >= 0.6 is 0 Å². The van der Waals surface area contributed by atoms with Crippen molar-refractivity contribution in [1.82, 2.24) is 14.7 Å². The predicted octanol–water partition coefficient (Wildman–Crippen LogP) is -0.382.